The van der Waals surface area contributed by atoms with Crippen molar-refractivity contribution in [2.75, 3.05) is 27.2 Å². The molecule has 3 aromatic carbocycles. The molecule has 1 aliphatic rings. The first-order valence-corrected chi connectivity index (χ1v) is 15.0. The Morgan fingerprint density at radius 1 is 1.00 bits per heavy atom. The fourth-order valence-electron chi connectivity index (χ4n) is 4.76. The number of likely N-dealkylation sites (N-methyl/N-ethyl adjacent to an activating group) is 1. The number of rotatable bonds is 11. The average molecular weight is 634 g/mol. The summed E-state index contributed by atoms with van der Waals surface area (Å²) in [5.74, 6) is -1.51. The lowest BCUT2D eigenvalue weighted by Crippen LogP contribution is -2.64. The highest BCUT2D eigenvalue weighted by atomic mass is 35.5. The van der Waals surface area contributed by atoms with Gasteiger partial charge < -0.3 is 20.1 Å². The van der Waals surface area contributed by atoms with Crippen molar-refractivity contribution in [1.82, 2.24) is 9.21 Å². The van der Waals surface area contributed by atoms with Crippen LogP contribution in [-0.2, 0) is 36.4 Å². The summed E-state index contributed by atoms with van der Waals surface area (Å²) in [6.07, 6.45) is -0.962. The van der Waals surface area contributed by atoms with Gasteiger partial charge in [0, 0.05) is 20.2 Å². The molecule has 3 aromatic rings. The van der Waals surface area contributed by atoms with E-state index in [0.29, 0.717) is 11.3 Å². The number of hydrogen-bond acceptors (Lipinski definition) is 7. The van der Waals surface area contributed by atoms with E-state index in [-0.39, 0.29) is 48.6 Å². The van der Waals surface area contributed by atoms with Crippen LogP contribution in [0.25, 0.3) is 0 Å². The van der Waals surface area contributed by atoms with E-state index in [4.69, 9.17) is 15.2 Å². The van der Waals surface area contributed by atoms with E-state index in [0.717, 1.165) is 5.56 Å². The number of amides is 1. The van der Waals surface area contributed by atoms with Crippen LogP contribution in [0.5, 0.6) is 5.75 Å². The third-order valence-corrected chi connectivity index (χ3v) is 8.89. The number of nitrogens with two attached hydrogens (primary N) is 1. The summed E-state index contributed by atoms with van der Waals surface area (Å²) in [4.78, 5) is 26.5. The highest BCUT2D eigenvalue weighted by molar-refractivity contribution is 7.89. The van der Waals surface area contributed by atoms with Crippen molar-refractivity contribution in [1.29, 1.82) is 0 Å². The van der Waals surface area contributed by atoms with Crippen LogP contribution in [0.3, 0.4) is 0 Å². The number of ether oxygens (including phenoxy) is 2. The fourth-order valence-corrected chi connectivity index (χ4v) is 6.36. The van der Waals surface area contributed by atoms with Crippen LogP contribution in [0.15, 0.2) is 83.8 Å². The Hall–Kier alpha value is -3.51. The van der Waals surface area contributed by atoms with Crippen molar-refractivity contribution in [2.24, 2.45) is 11.7 Å². The lowest BCUT2D eigenvalue weighted by molar-refractivity contribution is -0.163. The zero-order chi connectivity index (χ0) is 30.7. The predicted octanol–water partition coefficient (Wildman–Crippen LogP) is 3.75. The maximum atomic E-state index is 13.9. The molecular formula is C31H37ClFN3O6S. The van der Waals surface area contributed by atoms with E-state index in [9.17, 15) is 22.4 Å². The van der Waals surface area contributed by atoms with Gasteiger partial charge in [-0.1, -0.05) is 62.4 Å². The number of hydrogen-bond donors (Lipinski definition) is 1. The normalized spacial score (nSPS) is 15.9. The molecule has 1 saturated heterocycles. The van der Waals surface area contributed by atoms with E-state index in [1.165, 1.54) is 39.5 Å². The average Bonchev–Trinajstić information content (AvgIpc) is 2.93. The minimum Gasteiger partial charge on any atom is -0.480 e. The number of halogens is 2. The third-order valence-electron chi connectivity index (χ3n) is 7.10. The Bertz CT molecular complexity index is 1530. The molecule has 9 nitrogen and oxygen atoms in total. The van der Waals surface area contributed by atoms with Gasteiger partial charge >= 0.3 is 5.97 Å². The molecule has 1 amide bonds. The molecular weight excluding hydrogens is 597 g/mol. The zero-order valence-corrected chi connectivity index (χ0v) is 26.1. The molecule has 0 bridgehead atoms. The van der Waals surface area contributed by atoms with Crippen molar-refractivity contribution in [2.45, 2.75) is 42.9 Å². The SMILES string of the molecule is CC(C)C(OC(=O)[C@@H](N)Cc1cccc(S(=O)(=O)N2CC(Oc3cccc(F)c3)(c3ccccc3)C2)c1)C(=O)N(C)C.Cl. The van der Waals surface area contributed by atoms with Gasteiger partial charge in [-0.2, -0.15) is 4.31 Å². The maximum absolute atomic E-state index is 13.9. The molecule has 232 valence electrons. The molecule has 12 heteroatoms. The predicted molar refractivity (Wildman–Crippen MR) is 163 cm³/mol. The minimum absolute atomic E-state index is 0. The molecule has 0 radical (unpaired) electrons. The first-order valence-electron chi connectivity index (χ1n) is 13.6. The van der Waals surface area contributed by atoms with Crippen LogP contribution in [0, 0.1) is 11.7 Å². The Labute approximate surface area is 258 Å². The highest BCUT2D eigenvalue weighted by Crippen LogP contribution is 2.40. The summed E-state index contributed by atoms with van der Waals surface area (Å²) >= 11 is 0. The van der Waals surface area contributed by atoms with Crippen molar-refractivity contribution in [3.05, 3.63) is 95.8 Å². The molecule has 43 heavy (non-hydrogen) atoms. The monoisotopic (exact) mass is 633 g/mol. The molecule has 2 N–H and O–H groups in total. The van der Waals surface area contributed by atoms with Gasteiger partial charge in [-0.05, 0) is 47.7 Å². The van der Waals surface area contributed by atoms with Crippen LogP contribution >= 0.6 is 12.4 Å². The van der Waals surface area contributed by atoms with Gasteiger partial charge in [0.1, 0.15) is 17.6 Å². The zero-order valence-electron chi connectivity index (χ0n) is 24.5. The van der Waals surface area contributed by atoms with E-state index >= 15 is 0 Å². The van der Waals surface area contributed by atoms with Gasteiger partial charge in [-0.15, -0.1) is 12.4 Å². The lowest BCUT2D eigenvalue weighted by Gasteiger charge is -2.48. The summed E-state index contributed by atoms with van der Waals surface area (Å²) in [6, 6.07) is 20.1. The van der Waals surface area contributed by atoms with Crippen molar-refractivity contribution < 1.29 is 31.9 Å². The van der Waals surface area contributed by atoms with E-state index in [1.807, 2.05) is 30.3 Å². The van der Waals surface area contributed by atoms with Gasteiger partial charge in [0.05, 0.1) is 18.0 Å². The number of nitrogens with zero attached hydrogens (tertiary/aromatic N) is 2. The van der Waals surface area contributed by atoms with E-state index in [2.05, 4.69) is 0 Å². The summed E-state index contributed by atoms with van der Waals surface area (Å²) in [5, 5.41) is 0. The fraction of sp³-hybridized carbons (Fsp3) is 0.355. The van der Waals surface area contributed by atoms with E-state index < -0.39 is 39.6 Å². The lowest BCUT2D eigenvalue weighted by atomic mass is 9.87. The number of carbonyl (C=O) groups is 2. The van der Waals surface area contributed by atoms with E-state index in [1.54, 1.807) is 46.1 Å². The number of sulfonamides is 1. The quantitative estimate of drug-likeness (QED) is 0.320. The number of carbonyl (C=O) groups excluding carboxylic acids is 2. The molecule has 4 rings (SSSR count). The second-order valence-corrected chi connectivity index (χ2v) is 12.9. The first-order chi connectivity index (χ1) is 19.8. The summed E-state index contributed by atoms with van der Waals surface area (Å²) < 4.78 is 54.0. The molecule has 0 saturated carbocycles. The second kappa shape index (κ2) is 13.9. The summed E-state index contributed by atoms with van der Waals surface area (Å²) in [5.41, 5.74) is 6.40. The van der Waals surface area contributed by atoms with Crippen LogP contribution in [0.4, 0.5) is 4.39 Å². The molecule has 0 aromatic heterocycles. The molecule has 0 aliphatic carbocycles. The molecule has 1 heterocycles. The summed E-state index contributed by atoms with van der Waals surface area (Å²) in [6.45, 7) is 3.57. The standard InChI is InChI=1S/C31H36FN3O6S.ClH/c1-21(2)28(29(36)34(3)4)40-30(37)27(33)17-22-10-8-15-26(16-22)42(38,39)35-19-31(20-35,23-11-6-5-7-12-23)41-25-14-9-13-24(32)18-25;/h5-16,18,21,27-28H,17,19-20,33H2,1-4H3;1H/t27-,28?;/m0./s1. The molecule has 0 spiro atoms. The smallest absolute Gasteiger partial charge is 0.324 e. The van der Waals surface area contributed by atoms with Crippen molar-refractivity contribution >= 4 is 34.3 Å². The largest absolute Gasteiger partial charge is 0.480 e. The molecule has 1 unspecified atom stereocenters. The topological polar surface area (TPSA) is 119 Å². The number of esters is 1. The van der Waals surface area contributed by atoms with Crippen LogP contribution < -0.4 is 10.5 Å². The van der Waals surface area contributed by atoms with Gasteiger partial charge in [0.25, 0.3) is 5.91 Å². The van der Waals surface area contributed by atoms with Crippen LogP contribution in [0.1, 0.15) is 25.0 Å². The van der Waals surface area contributed by atoms with Gasteiger partial charge in [-0.3, -0.25) is 9.59 Å². The van der Waals surface area contributed by atoms with Gasteiger partial charge in [0.15, 0.2) is 11.7 Å². The highest BCUT2D eigenvalue weighted by Gasteiger charge is 2.52. The Balaban J connectivity index is 0.00000506. The molecule has 1 fully saturated rings. The minimum atomic E-state index is -3.94. The second-order valence-electron chi connectivity index (χ2n) is 11.0. The summed E-state index contributed by atoms with van der Waals surface area (Å²) in [7, 11) is -0.786. The van der Waals surface area contributed by atoms with Crippen molar-refractivity contribution in [3.63, 3.8) is 0 Å². The Kier molecular flexibility index (Phi) is 10.9. The molecule has 2 atom stereocenters. The molecule has 1 aliphatic heterocycles. The first kappa shape index (κ1) is 34.0. The Morgan fingerprint density at radius 2 is 1.65 bits per heavy atom. The van der Waals surface area contributed by atoms with Crippen LogP contribution in [-0.4, -0.2) is 68.8 Å². The maximum Gasteiger partial charge on any atom is 0.324 e. The van der Waals surface area contributed by atoms with Crippen molar-refractivity contribution in [3.8, 4) is 5.75 Å². The van der Waals surface area contributed by atoms with Gasteiger partial charge in [0.2, 0.25) is 10.0 Å². The third kappa shape index (κ3) is 7.72. The van der Waals surface area contributed by atoms with Gasteiger partial charge in [-0.25, -0.2) is 12.8 Å². The van der Waals surface area contributed by atoms with Crippen LogP contribution in [0.2, 0.25) is 0 Å². The Morgan fingerprint density at radius 3 is 2.26 bits per heavy atom. The number of benzene rings is 3.